The van der Waals surface area contributed by atoms with Crippen LogP contribution < -0.4 is 10.2 Å². The summed E-state index contributed by atoms with van der Waals surface area (Å²) in [4.78, 5) is 19.2. The predicted octanol–water partition coefficient (Wildman–Crippen LogP) is 4.57. The molecule has 2 fully saturated rings. The predicted molar refractivity (Wildman–Crippen MR) is 109 cm³/mol. The van der Waals surface area contributed by atoms with E-state index in [-0.39, 0.29) is 17.8 Å². The number of anilines is 1. The standard InChI is InChI=1S/C22H30N4O2/c27-21(23-18-9-5-2-1-3-6-10-18)22-24-20(25-28-22)17-11-13-19(14-12-17)26-15-7-4-8-16-26/h11-14,18H,1-10,15-16H2,(H,23,27). The largest absolute Gasteiger partial charge is 0.372 e. The van der Waals surface area contributed by atoms with Gasteiger partial charge in [-0.1, -0.05) is 37.3 Å². The number of rotatable bonds is 4. The van der Waals surface area contributed by atoms with Gasteiger partial charge in [-0.3, -0.25) is 4.79 Å². The molecule has 1 N–H and O–H groups in total. The van der Waals surface area contributed by atoms with Crippen molar-refractivity contribution in [2.24, 2.45) is 0 Å². The van der Waals surface area contributed by atoms with Crippen molar-refractivity contribution < 1.29 is 9.32 Å². The molecule has 0 bridgehead atoms. The number of carbonyl (C=O) groups excluding carboxylic acids is 1. The highest BCUT2D eigenvalue weighted by Gasteiger charge is 2.20. The third-order valence-corrected chi connectivity index (χ3v) is 5.91. The van der Waals surface area contributed by atoms with E-state index in [0.717, 1.165) is 31.5 Å². The van der Waals surface area contributed by atoms with Gasteiger partial charge in [-0.25, -0.2) is 0 Å². The van der Waals surface area contributed by atoms with Crippen LogP contribution in [-0.2, 0) is 0 Å². The molecule has 1 aromatic heterocycles. The van der Waals surface area contributed by atoms with E-state index >= 15 is 0 Å². The summed E-state index contributed by atoms with van der Waals surface area (Å²) in [5.41, 5.74) is 2.10. The molecular weight excluding hydrogens is 352 g/mol. The molecule has 2 aromatic rings. The van der Waals surface area contributed by atoms with Gasteiger partial charge in [0.1, 0.15) is 0 Å². The van der Waals surface area contributed by atoms with Crippen LogP contribution in [0.4, 0.5) is 5.69 Å². The molecular formula is C22H30N4O2. The second-order valence-electron chi connectivity index (χ2n) is 8.03. The summed E-state index contributed by atoms with van der Waals surface area (Å²) < 4.78 is 5.24. The van der Waals surface area contributed by atoms with Gasteiger partial charge in [0.2, 0.25) is 5.82 Å². The maximum Gasteiger partial charge on any atom is 0.316 e. The van der Waals surface area contributed by atoms with Gasteiger partial charge in [-0.2, -0.15) is 4.98 Å². The Labute approximate surface area is 166 Å². The Bertz CT molecular complexity index is 757. The van der Waals surface area contributed by atoms with Crippen LogP contribution in [0.25, 0.3) is 11.4 Å². The number of nitrogens with zero attached hydrogens (tertiary/aromatic N) is 3. The Morgan fingerprint density at radius 2 is 1.57 bits per heavy atom. The van der Waals surface area contributed by atoms with Crippen molar-refractivity contribution >= 4 is 11.6 Å². The van der Waals surface area contributed by atoms with E-state index < -0.39 is 0 Å². The van der Waals surface area contributed by atoms with Crippen LogP contribution >= 0.6 is 0 Å². The van der Waals surface area contributed by atoms with Crippen molar-refractivity contribution in [3.63, 3.8) is 0 Å². The molecule has 1 aliphatic carbocycles. The van der Waals surface area contributed by atoms with E-state index in [4.69, 9.17) is 4.52 Å². The molecule has 1 aromatic carbocycles. The number of nitrogens with one attached hydrogen (secondary N) is 1. The number of hydrogen-bond donors (Lipinski definition) is 1. The summed E-state index contributed by atoms with van der Waals surface area (Å²) in [6.45, 7) is 2.24. The molecule has 0 radical (unpaired) electrons. The van der Waals surface area contributed by atoms with Crippen LogP contribution in [0.1, 0.15) is 74.9 Å². The summed E-state index contributed by atoms with van der Waals surface area (Å²) in [7, 11) is 0. The highest BCUT2D eigenvalue weighted by atomic mass is 16.5. The first kappa shape index (κ1) is 19.0. The lowest BCUT2D eigenvalue weighted by molar-refractivity contribution is 0.0886. The van der Waals surface area contributed by atoms with E-state index in [0.29, 0.717) is 5.82 Å². The van der Waals surface area contributed by atoms with Crippen molar-refractivity contribution in [3.8, 4) is 11.4 Å². The van der Waals surface area contributed by atoms with Gasteiger partial charge >= 0.3 is 11.8 Å². The smallest absolute Gasteiger partial charge is 0.316 e. The van der Waals surface area contributed by atoms with Gasteiger partial charge < -0.3 is 14.7 Å². The number of hydrogen-bond acceptors (Lipinski definition) is 5. The summed E-state index contributed by atoms with van der Waals surface area (Å²) in [5, 5.41) is 7.09. The zero-order valence-electron chi connectivity index (χ0n) is 16.5. The minimum Gasteiger partial charge on any atom is -0.372 e. The Hall–Kier alpha value is -2.37. The highest BCUT2D eigenvalue weighted by Crippen LogP contribution is 2.24. The molecule has 2 aliphatic rings. The van der Waals surface area contributed by atoms with Crippen LogP contribution in [0, 0.1) is 0 Å². The molecule has 1 saturated carbocycles. The van der Waals surface area contributed by atoms with Gasteiger partial charge in [0, 0.05) is 30.4 Å². The van der Waals surface area contributed by atoms with Gasteiger partial charge in [-0.05, 0) is 56.4 Å². The minimum atomic E-state index is -0.255. The van der Waals surface area contributed by atoms with Gasteiger partial charge in [-0.15, -0.1) is 0 Å². The lowest BCUT2D eigenvalue weighted by Gasteiger charge is -2.28. The molecule has 1 saturated heterocycles. The normalized spacial score (nSPS) is 19.1. The molecule has 1 amide bonds. The summed E-state index contributed by atoms with van der Waals surface area (Å²) in [6, 6.07) is 8.43. The van der Waals surface area contributed by atoms with Crippen molar-refractivity contribution in [2.75, 3.05) is 18.0 Å². The maximum atomic E-state index is 12.5. The third-order valence-electron chi connectivity index (χ3n) is 5.91. The van der Waals surface area contributed by atoms with E-state index in [1.807, 2.05) is 12.1 Å². The zero-order valence-corrected chi connectivity index (χ0v) is 16.5. The molecule has 0 atom stereocenters. The molecule has 0 unspecified atom stereocenters. The zero-order chi connectivity index (χ0) is 19.2. The summed E-state index contributed by atoms with van der Waals surface area (Å²) in [6.07, 6.45) is 12.1. The average molecular weight is 383 g/mol. The Kier molecular flexibility index (Phi) is 6.24. The highest BCUT2D eigenvalue weighted by molar-refractivity contribution is 5.90. The fourth-order valence-corrected chi connectivity index (χ4v) is 4.25. The molecule has 150 valence electrons. The van der Waals surface area contributed by atoms with Crippen molar-refractivity contribution in [1.29, 1.82) is 0 Å². The topological polar surface area (TPSA) is 71.3 Å². The van der Waals surface area contributed by atoms with E-state index in [1.54, 1.807) is 0 Å². The van der Waals surface area contributed by atoms with Crippen molar-refractivity contribution in [3.05, 3.63) is 30.2 Å². The molecule has 28 heavy (non-hydrogen) atoms. The lowest BCUT2D eigenvalue weighted by Crippen LogP contribution is -2.35. The third kappa shape index (κ3) is 4.72. The first-order chi connectivity index (χ1) is 13.8. The van der Waals surface area contributed by atoms with E-state index in [1.165, 1.54) is 57.1 Å². The fraction of sp³-hybridized carbons (Fsp3) is 0.591. The number of amides is 1. The molecule has 1 aliphatic heterocycles. The van der Waals surface area contributed by atoms with Crippen LogP contribution in [0.5, 0.6) is 0 Å². The second kappa shape index (κ2) is 9.22. The number of carbonyl (C=O) groups is 1. The van der Waals surface area contributed by atoms with Gasteiger partial charge in [0.05, 0.1) is 0 Å². The number of piperidine rings is 1. The Morgan fingerprint density at radius 1 is 0.929 bits per heavy atom. The minimum absolute atomic E-state index is 0.0529. The van der Waals surface area contributed by atoms with Gasteiger partial charge in [0.15, 0.2) is 0 Å². The van der Waals surface area contributed by atoms with Crippen LogP contribution in [0.15, 0.2) is 28.8 Å². The van der Waals surface area contributed by atoms with Gasteiger partial charge in [0.25, 0.3) is 0 Å². The number of benzene rings is 1. The molecule has 6 nitrogen and oxygen atoms in total. The Morgan fingerprint density at radius 3 is 2.29 bits per heavy atom. The molecule has 2 heterocycles. The summed E-state index contributed by atoms with van der Waals surface area (Å²) >= 11 is 0. The van der Waals surface area contributed by atoms with Crippen LogP contribution in [0.3, 0.4) is 0 Å². The second-order valence-corrected chi connectivity index (χ2v) is 8.03. The maximum absolute atomic E-state index is 12.5. The quantitative estimate of drug-likeness (QED) is 0.839. The average Bonchev–Trinajstić information content (AvgIpc) is 3.21. The Balaban J connectivity index is 1.38. The van der Waals surface area contributed by atoms with Crippen molar-refractivity contribution in [1.82, 2.24) is 15.5 Å². The molecule has 4 rings (SSSR count). The lowest BCUT2D eigenvalue weighted by atomic mass is 9.97. The van der Waals surface area contributed by atoms with E-state index in [9.17, 15) is 4.79 Å². The first-order valence-corrected chi connectivity index (χ1v) is 10.8. The van der Waals surface area contributed by atoms with Crippen LogP contribution in [0.2, 0.25) is 0 Å². The van der Waals surface area contributed by atoms with Crippen molar-refractivity contribution in [2.45, 2.75) is 70.3 Å². The van der Waals surface area contributed by atoms with Crippen LogP contribution in [-0.4, -0.2) is 35.2 Å². The molecule has 6 heteroatoms. The fourth-order valence-electron chi connectivity index (χ4n) is 4.25. The SMILES string of the molecule is O=C(NC1CCCCCCC1)c1nc(-c2ccc(N3CCCCC3)cc2)no1. The van der Waals surface area contributed by atoms with E-state index in [2.05, 4.69) is 32.5 Å². The molecule has 0 spiro atoms. The first-order valence-electron chi connectivity index (χ1n) is 10.8. The summed E-state index contributed by atoms with van der Waals surface area (Å²) in [5.74, 6) is 0.263. The number of aromatic nitrogens is 2. The monoisotopic (exact) mass is 382 g/mol.